The number of amides is 1. The van der Waals surface area contributed by atoms with Crippen LogP contribution >= 0.6 is 23.4 Å². The van der Waals surface area contributed by atoms with Gasteiger partial charge in [-0.25, -0.2) is 9.97 Å². The molecule has 7 nitrogen and oxygen atoms in total. The van der Waals surface area contributed by atoms with E-state index >= 15 is 0 Å². The molecule has 0 bridgehead atoms. The third-order valence-corrected chi connectivity index (χ3v) is 6.59. The Labute approximate surface area is 189 Å². The van der Waals surface area contributed by atoms with E-state index < -0.39 is 0 Å². The smallest absolute Gasteiger partial charge is 0.233 e. The van der Waals surface area contributed by atoms with Crippen molar-refractivity contribution in [2.75, 3.05) is 31.1 Å². The Morgan fingerprint density at radius 3 is 2.77 bits per heavy atom. The third kappa shape index (κ3) is 5.15. The lowest BCUT2D eigenvalue weighted by molar-refractivity contribution is -0.132. The Hall–Kier alpha value is -2.68. The highest BCUT2D eigenvalue weighted by molar-refractivity contribution is 8.00. The molecule has 2 N–H and O–H groups in total. The second-order valence-corrected chi connectivity index (χ2v) is 8.85. The number of thioether (sulfide) groups is 1. The predicted molar refractivity (Wildman–Crippen MR) is 123 cm³/mol. The van der Waals surface area contributed by atoms with Gasteiger partial charge in [-0.15, -0.1) is 11.8 Å². The molecule has 0 aliphatic carbocycles. The van der Waals surface area contributed by atoms with Gasteiger partial charge in [0.2, 0.25) is 5.91 Å². The average Bonchev–Trinajstić information content (AvgIpc) is 2.79. The molecule has 1 atom stereocenters. The highest BCUT2D eigenvalue weighted by Crippen LogP contribution is 2.23. The number of halogens is 1. The number of fused-ring (bicyclic) bond motifs is 1. The summed E-state index contributed by atoms with van der Waals surface area (Å²) in [5, 5.41) is 1.48. The van der Waals surface area contributed by atoms with E-state index in [1.807, 2.05) is 42.5 Å². The molecule has 3 aromatic rings. The number of hydrogen-bond acceptors (Lipinski definition) is 7. The summed E-state index contributed by atoms with van der Waals surface area (Å²) in [4.78, 5) is 37.6. The van der Waals surface area contributed by atoms with Gasteiger partial charge < -0.3 is 15.4 Å². The van der Waals surface area contributed by atoms with E-state index in [9.17, 15) is 9.59 Å². The summed E-state index contributed by atoms with van der Waals surface area (Å²) in [6.07, 6.45) is 2.37. The fraction of sp³-hybridized carbons (Fsp3) is 0.273. The van der Waals surface area contributed by atoms with E-state index in [2.05, 4.69) is 14.9 Å². The molecule has 0 saturated carbocycles. The summed E-state index contributed by atoms with van der Waals surface area (Å²) < 4.78 is 0. The molecule has 2 aromatic carbocycles. The van der Waals surface area contributed by atoms with Crippen molar-refractivity contribution in [2.45, 2.75) is 17.5 Å². The van der Waals surface area contributed by atoms with E-state index in [4.69, 9.17) is 17.3 Å². The lowest BCUT2D eigenvalue weighted by Gasteiger charge is -2.39. The van der Waals surface area contributed by atoms with Crippen LogP contribution in [0.5, 0.6) is 0 Å². The van der Waals surface area contributed by atoms with Gasteiger partial charge in [0.05, 0.1) is 17.3 Å². The summed E-state index contributed by atoms with van der Waals surface area (Å²) in [7, 11) is 0. The molecule has 1 unspecified atom stereocenters. The minimum Gasteiger partial charge on any atom is -0.383 e. The number of rotatable bonds is 6. The lowest BCUT2D eigenvalue weighted by Crippen LogP contribution is -2.55. The van der Waals surface area contributed by atoms with Gasteiger partial charge in [0.25, 0.3) is 0 Å². The molecule has 1 aromatic heterocycles. The number of carbonyl (C=O) groups is 2. The first-order valence-electron chi connectivity index (χ1n) is 9.88. The third-order valence-electron chi connectivity index (χ3n) is 5.34. The van der Waals surface area contributed by atoms with Crippen LogP contribution in [0.15, 0.2) is 53.7 Å². The molecule has 31 heavy (non-hydrogen) atoms. The van der Waals surface area contributed by atoms with E-state index in [-0.39, 0.29) is 11.9 Å². The zero-order valence-corrected chi connectivity index (χ0v) is 18.4. The van der Waals surface area contributed by atoms with Gasteiger partial charge in [0, 0.05) is 41.5 Å². The maximum absolute atomic E-state index is 12.7. The van der Waals surface area contributed by atoms with Crippen molar-refractivity contribution in [3.63, 3.8) is 0 Å². The van der Waals surface area contributed by atoms with Crippen molar-refractivity contribution in [1.82, 2.24) is 19.8 Å². The monoisotopic (exact) mass is 455 g/mol. The van der Waals surface area contributed by atoms with Crippen LogP contribution < -0.4 is 5.73 Å². The molecule has 1 amide bonds. The van der Waals surface area contributed by atoms with Gasteiger partial charge >= 0.3 is 0 Å². The second kappa shape index (κ2) is 9.64. The zero-order valence-electron chi connectivity index (χ0n) is 16.8. The van der Waals surface area contributed by atoms with E-state index in [1.165, 1.54) is 18.1 Å². The molecule has 0 radical (unpaired) electrons. The van der Waals surface area contributed by atoms with E-state index in [0.717, 1.165) is 27.6 Å². The summed E-state index contributed by atoms with van der Waals surface area (Å²) in [6.45, 7) is 2.22. The first kappa shape index (κ1) is 21.5. The highest BCUT2D eigenvalue weighted by atomic mass is 35.5. The normalized spacial score (nSPS) is 17.1. The van der Waals surface area contributed by atoms with Crippen LogP contribution in [-0.4, -0.2) is 63.4 Å². The fourth-order valence-corrected chi connectivity index (χ4v) is 4.55. The Kier molecular flexibility index (Phi) is 6.70. The molecule has 1 fully saturated rings. The molecule has 4 rings (SSSR count). The van der Waals surface area contributed by atoms with Crippen LogP contribution in [0.2, 0.25) is 5.02 Å². The second-order valence-electron chi connectivity index (χ2n) is 7.37. The average molecular weight is 456 g/mol. The molecule has 1 aliphatic rings. The summed E-state index contributed by atoms with van der Waals surface area (Å²) in [6, 6.07) is 12.9. The maximum atomic E-state index is 12.7. The lowest BCUT2D eigenvalue weighted by atomic mass is 10.1. The number of aromatic nitrogens is 2. The first-order valence-corrected chi connectivity index (χ1v) is 11.2. The molecule has 9 heteroatoms. The molecule has 1 saturated heterocycles. The van der Waals surface area contributed by atoms with Crippen molar-refractivity contribution < 1.29 is 9.59 Å². The molecular formula is C22H22ClN5O2S. The van der Waals surface area contributed by atoms with E-state index in [1.54, 1.807) is 4.90 Å². The van der Waals surface area contributed by atoms with Gasteiger partial charge in [-0.1, -0.05) is 17.7 Å². The minimum absolute atomic E-state index is 0.0318. The molecule has 160 valence electrons. The number of nitrogen functional groups attached to an aromatic ring is 1. The van der Waals surface area contributed by atoms with Crippen LogP contribution in [0.3, 0.4) is 0 Å². The number of hydrogen-bond donors (Lipinski definition) is 1. The topological polar surface area (TPSA) is 92.4 Å². The Bertz CT molecular complexity index is 1090. The number of aldehydes is 1. The summed E-state index contributed by atoms with van der Waals surface area (Å²) in [5.41, 5.74) is 7.71. The van der Waals surface area contributed by atoms with Gasteiger partial charge in [-0.05, 0) is 42.0 Å². The summed E-state index contributed by atoms with van der Waals surface area (Å²) in [5.74, 6) is 0.814. The Morgan fingerprint density at radius 1 is 1.19 bits per heavy atom. The maximum Gasteiger partial charge on any atom is 0.233 e. The molecule has 2 heterocycles. The standard InChI is InChI=1S/C22H22ClN5O2S/c23-16-2-4-18(5-3-16)31-13-21(30)28-8-7-27(17(11-28)12-29)10-15-1-6-19-20(9-15)25-14-26-22(19)24/h1-6,9,12,14,17H,7-8,10-11,13H2,(H2,24,25,26). The van der Waals surface area contributed by atoms with Gasteiger partial charge in [0.1, 0.15) is 18.4 Å². The number of nitrogens with zero attached hydrogens (tertiary/aromatic N) is 4. The van der Waals surface area contributed by atoms with Crippen molar-refractivity contribution in [1.29, 1.82) is 0 Å². The highest BCUT2D eigenvalue weighted by Gasteiger charge is 2.29. The summed E-state index contributed by atoms with van der Waals surface area (Å²) >= 11 is 7.37. The SMILES string of the molecule is Nc1ncnc2cc(CN3CCN(C(=O)CSc4ccc(Cl)cc4)CC3C=O)ccc12. The zero-order chi connectivity index (χ0) is 21.8. The quantitative estimate of drug-likeness (QED) is 0.451. The Balaban J connectivity index is 1.36. The molecule has 1 aliphatic heterocycles. The largest absolute Gasteiger partial charge is 0.383 e. The van der Waals surface area contributed by atoms with Crippen LogP contribution in [0.1, 0.15) is 5.56 Å². The van der Waals surface area contributed by atoms with Gasteiger partial charge in [-0.3, -0.25) is 9.69 Å². The first-order chi connectivity index (χ1) is 15.0. The number of carbonyl (C=O) groups excluding carboxylic acids is 2. The van der Waals surface area contributed by atoms with Crippen molar-refractivity contribution in [3.05, 3.63) is 59.4 Å². The molecule has 0 spiro atoms. The van der Waals surface area contributed by atoms with Gasteiger partial charge in [-0.2, -0.15) is 0 Å². The number of anilines is 1. The van der Waals surface area contributed by atoms with Crippen molar-refractivity contribution in [2.24, 2.45) is 0 Å². The van der Waals surface area contributed by atoms with Gasteiger partial charge in [0.15, 0.2) is 0 Å². The van der Waals surface area contributed by atoms with Crippen LogP contribution in [0.25, 0.3) is 10.9 Å². The minimum atomic E-state index is -0.343. The fourth-order valence-electron chi connectivity index (χ4n) is 3.62. The van der Waals surface area contributed by atoms with E-state index in [0.29, 0.717) is 42.8 Å². The van der Waals surface area contributed by atoms with Crippen LogP contribution in [0.4, 0.5) is 5.82 Å². The number of benzene rings is 2. The van der Waals surface area contributed by atoms with Crippen LogP contribution in [-0.2, 0) is 16.1 Å². The Morgan fingerprint density at radius 2 is 2.00 bits per heavy atom. The van der Waals surface area contributed by atoms with Crippen molar-refractivity contribution >= 4 is 52.3 Å². The number of nitrogens with two attached hydrogens (primary N) is 1. The predicted octanol–water partition coefficient (Wildman–Crippen LogP) is 2.87. The number of piperazine rings is 1. The van der Waals surface area contributed by atoms with Crippen LogP contribution in [0, 0.1) is 0 Å². The molecular weight excluding hydrogens is 434 g/mol. The van der Waals surface area contributed by atoms with Crippen molar-refractivity contribution in [3.8, 4) is 0 Å².